The van der Waals surface area contributed by atoms with E-state index in [0.29, 0.717) is 12.1 Å². The van der Waals surface area contributed by atoms with Crippen molar-refractivity contribution in [3.8, 4) is 0 Å². The van der Waals surface area contributed by atoms with Crippen LogP contribution in [-0.2, 0) is 6.54 Å². The average molecular weight is 325 g/mol. The average Bonchev–Trinajstić information content (AvgIpc) is 2.61. The number of hydrogen-bond acceptors (Lipinski definition) is 3. The number of pyridine rings is 1. The first-order chi connectivity index (χ1) is 11.6. The number of nitrogens with zero attached hydrogens (tertiary/aromatic N) is 2. The van der Waals surface area contributed by atoms with E-state index in [9.17, 15) is 4.79 Å². The van der Waals surface area contributed by atoms with Gasteiger partial charge in [0.15, 0.2) is 0 Å². The summed E-state index contributed by atoms with van der Waals surface area (Å²) in [6.45, 7) is 8.55. The summed E-state index contributed by atoms with van der Waals surface area (Å²) in [5, 5.41) is 3.35. The van der Waals surface area contributed by atoms with Gasteiger partial charge in [-0.25, -0.2) is 0 Å². The summed E-state index contributed by atoms with van der Waals surface area (Å²) in [7, 11) is 0. The van der Waals surface area contributed by atoms with Crippen molar-refractivity contribution in [3.05, 3.63) is 59.4 Å². The molecule has 4 nitrogen and oxygen atoms in total. The van der Waals surface area contributed by atoms with Gasteiger partial charge in [0.2, 0.25) is 0 Å². The van der Waals surface area contributed by atoms with Crippen molar-refractivity contribution in [3.63, 3.8) is 0 Å². The summed E-state index contributed by atoms with van der Waals surface area (Å²) in [5.41, 5.74) is 3.97. The molecule has 0 saturated carbocycles. The number of amides is 1. The van der Waals surface area contributed by atoms with E-state index >= 15 is 0 Å². The monoisotopic (exact) mass is 325 g/mol. The van der Waals surface area contributed by atoms with Crippen molar-refractivity contribution in [2.75, 3.05) is 18.4 Å². The number of anilines is 1. The van der Waals surface area contributed by atoms with Crippen molar-refractivity contribution in [1.82, 2.24) is 9.88 Å². The number of carbonyl (C=O) groups is 1. The Morgan fingerprint density at radius 1 is 1.08 bits per heavy atom. The van der Waals surface area contributed by atoms with Crippen molar-refractivity contribution < 1.29 is 4.79 Å². The second kappa shape index (κ2) is 9.06. The van der Waals surface area contributed by atoms with E-state index < -0.39 is 0 Å². The highest BCUT2D eigenvalue weighted by Gasteiger charge is 2.14. The van der Waals surface area contributed by atoms with Crippen LogP contribution in [0.25, 0.3) is 0 Å². The van der Waals surface area contributed by atoms with Crippen molar-refractivity contribution in [1.29, 1.82) is 0 Å². The van der Waals surface area contributed by atoms with Crippen LogP contribution in [0, 0.1) is 6.92 Å². The molecule has 1 N–H and O–H groups in total. The Balaban J connectivity index is 2.04. The number of aromatic nitrogens is 1. The summed E-state index contributed by atoms with van der Waals surface area (Å²) in [5.74, 6) is 0.0604. The van der Waals surface area contributed by atoms with Gasteiger partial charge < -0.3 is 10.2 Å². The van der Waals surface area contributed by atoms with Crippen molar-refractivity contribution in [2.24, 2.45) is 0 Å². The first-order valence-corrected chi connectivity index (χ1v) is 8.67. The van der Waals surface area contributed by atoms with Crippen molar-refractivity contribution in [2.45, 2.75) is 40.2 Å². The maximum atomic E-state index is 12.6. The van der Waals surface area contributed by atoms with Gasteiger partial charge in [0.05, 0.1) is 11.3 Å². The number of benzene rings is 1. The number of carbonyl (C=O) groups excluding carboxylic acids is 1. The number of hydrogen-bond donors (Lipinski definition) is 1. The molecule has 128 valence electrons. The normalized spacial score (nSPS) is 10.5. The predicted molar refractivity (Wildman–Crippen MR) is 99.2 cm³/mol. The Labute approximate surface area is 144 Å². The van der Waals surface area contributed by atoms with Gasteiger partial charge in [-0.2, -0.15) is 0 Å². The number of rotatable bonds is 8. The SMILES string of the molecule is CCCN(CCC)C(=O)c1cncc(NCc2ccc(C)cc2)c1. The lowest BCUT2D eigenvalue weighted by molar-refractivity contribution is 0.0755. The highest BCUT2D eigenvalue weighted by molar-refractivity contribution is 5.94. The van der Waals surface area contributed by atoms with E-state index in [0.717, 1.165) is 31.6 Å². The summed E-state index contributed by atoms with van der Waals surface area (Å²) < 4.78 is 0. The molecule has 24 heavy (non-hydrogen) atoms. The molecule has 0 aliphatic heterocycles. The minimum Gasteiger partial charge on any atom is -0.380 e. The lowest BCUT2D eigenvalue weighted by Crippen LogP contribution is -2.32. The van der Waals surface area contributed by atoms with Crippen LogP contribution in [-0.4, -0.2) is 28.9 Å². The lowest BCUT2D eigenvalue weighted by atomic mass is 10.1. The molecule has 0 spiro atoms. The molecule has 1 aromatic carbocycles. The van der Waals surface area contributed by atoms with Crippen LogP contribution in [0.5, 0.6) is 0 Å². The Hall–Kier alpha value is -2.36. The van der Waals surface area contributed by atoms with Crippen LogP contribution < -0.4 is 5.32 Å². The second-order valence-corrected chi connectivity index (χ2v) is 6.09. The third kappa shape index (κ3) is 5.08. The first-order valence-electron chi connectivity index (χ1n) is 8.67. The zero-order chi connectivity index (χ0) is 17.4. The fourth-order valence-corrected chi connectivity index (χ4v) is 2.60. The zero-order valence-electron chi connectivity index (χ0n) is 14.9. The first kappa shape index (κ1) is 18.0. The Morgan fingerprint density at radius 2 is 1.75 bits per heavy atom. The summed E-state index contributed by atoms with van der Waals surface area (Å²) in [4.78, 5) is 18.8. The van der Waals surface area contributed by atoms with E-state index in [1.54, 1.807) is 12.4 Å². The summed E-state index contributed by atoms with van der Waals surface area (Å²) in [6, 6.07) is 10.3. The Morgan fingerprint density at radius 3 is 2.38 bits per heavy atom. The molecule has 0 radical (unpaired) electrons. The molecule has 2 aromatic rings. The molecule has 1 amide bonds. The molecule has 2 rings (SSSR count). The minimum atomic E-state index is 0.0604. The minimum absolute atomic E-state index is 0.0604. The van der Waals surface area contributed by atoms with Crippen molar-refractivity contribution >= 4 is 11.6 Å². The maximum Gasteiger partial charge on any atom is 0.255 e. The predicted octanol–water partition coefficient (Wildman–Crippen LogP) is 4.26. The van der Waals surface area contributed by atoms with Gasteiger partial charge in [0, 0.05) is 32.0 Å². The summed E-state index contributed by atoms with van der Waals surface area (Å²) >= 11 is 0. The standard InChI is InChI=1S/C20H27N3O/c1-4-10-23(11-5-2)20(24)18-12-19(15-21-14-18)22-13-17-8-6-16(3)7-9-17/h6-9,12,14-15,22H,4-5,10-11,13H2,1-3H3. The van der Waals surface area contributed by atoms with Crippen LogP contribution in [0.2, 0.25) is 0 Å². The molecule has 0 aliphatic rings. The molecule has 1 heterocycles. The molecule has 0 saturated heterocycles. The molecule has 0 unspecified atom stereocenters. The molecular formula is C20H27N3O. The second-order valence-electron chi connectivity index (χ2n) is 6.09. The topological polar surface area (TPSA) is 45.2 Å². The highest BCUT2D eigenvalue weighted by atomic mass is 16.2. The Kier molecular flexibility index (Phi) is 6.79. The van der Waals surface area contributed by atoms with Crippen LogP contribution in [0.1, 0.15) is 48.2 Å². The maximum absolute atomic E-state index is 12.6. The van der Waals surface area contributed by atoms with Gasteiger partial charge in [0.25, 0.3) is 5.91 Å². The third-order valence-electron chi connectivity index (χ3n) is 3.88. The molecule has 4 heteroatoms. The van der Waals surface area contributed by atoms with E-state index in [2.05, 4.69) is 55.3 Å². The van der Waals surface area contributed by atoms with E-state index in [-0.39, 0.29) is 5.91 Å². The Bertz CT molecular complexity index is 646. The third-order valence-corrected chi connectivity index (χ3v) is 3.88. The molecule has 0 atom stereocenters. The fourth-order valence-electron chi connectivity index (χ4n) is 2.60. The van der Waals surface area contributed by atoms with Crippen LogP contribution >= 0.6 is 0 Å². The van der Waals surface area contributed by atoms with Gasteiger partial charge in [0.1, 0.15) is 0 Å². The van der Waals surface area contributed by atoms with Gasteiger partial charge in [-0.05, 0) is 31.4 Å². The largest absolute Gasteiger partial charge is 0.380 e. The summed E-state index contributed by atoms with van der Waals surface area (Å²) in [6.07, 6.45) is 5.34. The molecule has 1 aromatic heterocycles. The van der Waals surface area contributed by atoms with E-state index in [1.165, 1.54) is 11.1 Å². The smallest absolute Gasteiger partial charge is 0.255 e. The number of nitrogens with one attached hydrogen (secondary N) is 1. The highest BCUT2D eigenvalue weighted by Crippen LogP contribution is 2.13. The van der Waals surface area contributed by atoms with Crippen LogP contribution in [0.4, 0.5) is 5.69 Å². The molecular weight excluding hydrogens is 298 g/mol. The van der Waals surface area contributed by atoms with Gasteiger partial charge in [-0.15, -0.1) is 0 Å². The van der Waals surface area contributed by atoms with Gasteiger partial charge >= 0.3 is 0 Å². The zero-order valence-corrected chi connectivity index (χ0v) is 14.9. The lowest BCUT2D eigenvalue weighted by Gasteiger charge is -2.21. The molecule has 0 fully saturated rings. The quantitative estimate of drug-likeness (QED) is 0.788. The van der Waals surface area contributed by atoms with Crippen LogP contribution in [0.3, 0.4) is 0 Å². The molecule has 0 bridgehead atoms. The van der Waals surface area contributed by atoms with E-state index in [4.69, 9.17) is 0 Å². The fraction of sp³-hybridized carbons (Fsp3) is 0.400. The molecule has 0 aliphatic carbocycles. The number of aryl methyl sites for hydroxylation is 1. The van der Waals surface area contributed by atoms with E-state index in [1.807, 2.05) is 11.0 Å². The van der Waals surface area contributed by atoms with Gasteiger partial charge in [-0.3, -0.25) is 9.78 Å². The van der Waals surface area contributed by atoms with Gasteiger partial charge in [-0.1, -0.05) is 43.7 Å². The van der Waals surface area contributed by atoms with Crippen LogP contribution in [0.15, 0.2) is 42.7 Å².